The van der Waals surface area contributed by atoms with Crippen LogP contribution in [0.1, 0.15) is 27.2 Å². The van der Waals surface area contributed by atoms with Gasteiger partial charge in [-0.15, -0.1) is 0 Å². The van der Waals surface area contributed by atoms with Crippen molar-refractivity contribution in [3.63, 3.8) is 0 Å². The van der Waals surface area contributed by atoms with Gasteiger partial charge in [0.1, 0.15) is 0 Å². The fraction of sp³-hybridized carbons (Fsp3) is 0.500. The van der Waals surface area contributed by atoms with Crippen molar-refractivity contribution in [1.82, 2.24) is 4.72 Å². The van der Waals surface area contributed by atoms with Crippen LogP contribution in [0.25, 0.3) is 0 Å². The second kappa shape index (κ2) is 5.46. The van der Waals surface area contributed by atoms with Gasteiger partial charge in [0.05, 0.1) is 4.90 Å². The Morgan fingerprint density at radius 1 is 1.12 bits per heavy atom. The minimum atomic E-state index is -3.36. The maximum Gasteiger partial charge on any atom is 0.240 e. The molecule has 1 atom stereocenters. The summed E-state index contributed by atoms with van der Waals surface area (Å²) >= 11 is 0. The molecule has 4 heteroatoms. The van der Waals surface area contributed by atoms with Crippen LogP contribution in [0.15, 0.2) is 35.2 Å². The first kappa shape index (κ1) is 13.2. The van der Waals surface area contributed by atoms with Crippen LogP contribution in [0.2, 0.25) is 0 Å². The van der Waals surface area contributed by atoms with E-state index in [-0.39, 0.29) is 6.04 Å². The van der Waals surface area contributed by atoms with E-state index < -0.39 is 10.0 Å². The molecule has 1 rings (SSSR count). The molecule has 0 bridgehead atoms. The third-order valence-corrected chi connectivity index (χ3v) is 3.84. The minimum absolute atomic E-state index is 0.0368. The zero-order valence-corrected chi connectivity index (χ0v) is 10.8. The van der Waals surface area contributed by atoms with Gasteiger partial charge in [-0.3, -0.25) is 0 Å². The quantitative estimate of drug-likeness (QED) is 0.860. The van der Waals surface area contributed by atoms with E-state index >= 15 is 0 Å². The molecule has 3 nitrogen and oxygen atoms in total. The Morgan fingerprint density at radius 3 is 2.19 bits per heavy atom. The average Bonchev–Trinajstić information content (AvgIpc) is 2.16. The van der Waals surface area contributed by atoms with Crippen LogP contribution in [-0.2, 0) is 10.0 Å². The summed E-state index contributed by atoms with van der Waals surface area (Å²) in [4.78, 5) is 0.325. The Hall–Kier alpha value is -0.870. The van der Waals surface area contributed by atoms with Gasteiger partial charge in [-0.05, 0) is 31.4 Å². The Balaban J connectivity index is 2.73. The molecule has 0 heterocycles. The lowest BCUT2D eigenvalue weighted by atomic mass is 10.1. The third-order valence-electron chi connectivity index (χ3n) is 2.23. The molecule has 0 saturated heterocycles. The van der Waals surface area contributed by atoms with Gasteiger partial charge in [-0.1, -0.05) is 32.0 Å². The molecule has 0 amide bonds. The summed E-state index contributed by atoms with van der Waals surface area (Å²) in [5.41, 5.74) is 0. The van der Waals surface area contributed by atoms with Crippen LogP contribution < -0.4 is 4.72 Å². The third kappa shape index (κ3) is 3.94. The van der Waals surface area contributed by atoms with Crippen molar-refractivity contribution in [1.29, 1.82) is 0 Å². The molecule has 1 aromatic carbocycles. The van der Waals surface area contributed by atoms with Crippen molar-refractivity contribution in [3.05, 3.63) is 30.3 Å². The van der Waals surface area contributed by atoms with Crippen molar-refractivity contribution in [2.24, 2.45) is 5.92 Å². The molecule has 0 fully saturated rings. The first-order chi connectivity index (χ1) is 7.42. The second-order valence-electron chi connectivity index (χ2n) is 4.46. The van der Waals surface area contributed by atoms with Crippen molar-refractivity contribution in [2.45, 2.75) is 38.1 Å². The first-order valence-electron chi connectivity index (χ1n) is 5.49. The zero-order valence-electron chi connectivity index (χ0n) is 9.97. The zero-order chi connectivity index (χ0) is 12.2. The van der Waals surface area contributed by atoms with Gasteiger partial charge >= 0.3 is 0 Å². The molecule has 1 N–H and O–H groups in total. The number of benzene rings is 1. The lowest BCUT2D eigenvalue weighted by molar-refractivity contribution is 0.482. The van der Waals surface area contributed by atoms with Crippen LogP contribution in [0, 0.1) is 5.92 Å². The Kier molecular flexibility index (Phi) is 4.50. The molecule has 16 heavy (non-hydrogen) atoms. The fourth-order valence-corrected chi connectivity index (χ4v) is 2.97. The molecule has 0 saturated carbocycles. The normalized spacial score (nSPS) is 14.0. The van der Waals surface area contributed by atoms with E-state index in [1.807, 2.05) is 6.92 Å². The van der Waals surface area contributed by atoms with Crippen LogP contribution in [-0.4, -0.2) is 14.5 Å². The standard InChI is InChI=1S/C12H19NO2S/c1-10(2)9-11(3)13-16(14,15)12-7-5-4-6-8-12/h4-8,10-11,13H,9H2,1-3H3/t11-/m1/s1. The molecule has 0 aliphatic carbocycles. The van der Waals surface area contributed by atoms with E-state index in [1.54, 1.807) is 30.3 Å². The second-order valence-corrected chi connectivity index (χ2v) is 6.18. The van der Waals surface area contributed by atoms with E-state index in [4.69, 9.17) is 0 Å². The van der Waals surface area contributed by atoms with Gasteiger partial charge in [0.2, 0.25) is 10.0 Å². The van der Waals surface area contributed by atoms with Gasteiger partial charge in [0.15, 0.2) is 0 Å². The largest absolute Gasteiger partial charge is 0.240 e. The molecule has 0 spiro atoms. The van der Waals surface area contributed by atoms with Gasteiger partial charge in [0, 0.05) is 6.04 Å². The molecule has 0 radical (unpaired) electrons. The summed E-state index contributed by atoms with van der Waals surface area (Å²) in [6.45, 7) is 6.04. The Morgan fingerprint density at radius 2 is 1.69 bits per heavy atom. The van der Waals surface area contributed by atoms with Crippen LogP contribution in [0.5, 0.6) is 0 Å². The molecule has 0 aliphatic heterocycles. The van der Waals surface area contributed by atoms with Gasteiger partial charge in [0.25, 0.3) is 0 Å². The fourth-order valence-electron chi connectivity index (χ4n) is 1.69. The highest BCUT2D eigenvalue weighted by molar-refractivity contribution is 7.89. The summed E-state index contributed by atoms with van der Waals surface area (Å²) in [5, 5.41) is 0. The minimum Gasteiger partial charge on any atom is -0.208 e. The predicted molar refractivity (Wildman–Crippen MR) is 65.7 cm³/mol. The summed E-state index contributed by atoms with van der Waals surface area (Å²) in [6, 6.07) is 8.42. The number of hydrogen-bond donors (Lipinski definition) is 1. The van der Waals surface area contributed by atoms with E-state index in [9.17, 15) is 8.42 Å². The highest BCUT2D eigenvalue weighted by Crippen LogP contribution is 2.11. The van der Waals surface area contributed by atoms with Crippen molar-refractivity contribution >= 4 is 10.0 Å². The first-order valence-corrected chi connectivity index (χ1v) is 6.97. The number of sulfonamides is 1. The molecular weight excluding hydrogens is 222 g/mol. The van der Waals surface area contributed by atoms with Crippen LogP contribution >= 0.6 is 0 Å². The molecule has 0 aliphatic rings. The molecule has 90 valence electrons. The summed E-state index contributed by atoms with van der Waals surface area (Å²) in [5.74, 6) is 0.480. The summed E-state index contributed by atoms with van der Waals surface area (Å²) in [7, 11) is -3.36. The molecule has 0 unspecified atom stereocenters. The highest BCUT2D eigenvalue weighted by atomic mass is 32.2. The number of hydrogen-bond acceptors (Lipinski definition) is 2. The SMILES string of the molecule is CC(C)C[C@@H](C)NS(=O)(=O)c1ccccc1. The summed E-state index contributed by atoms with van der Waals surface area (Å²) < 4.78 is 26.5. The van der Waals surface area contributed by atoms with Gasteiger partial charge in [-0.25, -0.2) is 13.1 Å². The Bertz CT molecular complexity index is 412. The monoisotopic (exact) mass is 241 g/mol. The lowest BCUT2D eigenvalue weighted by Gasteiger charge is -2.15. The van der Waals surface area contributed by atoms with E-state index in [0.29, 0.717) is 10.8 Å². The molecule has 0 aromatic heterocycles. The van der Waals surface area contributed by atoms with Gasteiger partial charge < -0.3 is 0 Å². The summed E-state index contributed by atoms with van der Waals surface area (Å²) in [6.07, 6.45) is 0.839. The van der Waals surface area contributed by atoms with Gasteiger partial charge in [-0.2, -0.15) is 0 Å². The smallest absolute Gasteiger partial charge is 0.208 e. The lowest BCUT2D eigenvalue weighted by Crippen LogP contribution is -2.33. The molecular formula is C12H19NO2S. The number of rotatable bonds is 5. The average molecular weight is 241 g/mol. The molecule has 1 aromatic rings. The van der Waals surface area contributed by atoms with E-state index in [0.717, 1.165) is 6.42 Å². The van der Waals surface area contributed by atoms with Crippen LogP contribution in [0.4, 0.5) is 0 Å². The van der Waals surface area contributed by atoms with Crippen LogP contribution in [0.3, 0.4) is 0 Å². The van der Waals surface area contributed by atoms with Crippen molar-refractivity contribution in [3.8, 4) is 0 Å². The maximum absolute atomic E-state index is 11.9. The van der Waals surface area contributed by atoms with Crippen molar-refractivity contribution in [2.75, 3.05) is 0 Å². The number of nitrogens with one attached hydrogen (secondary N) is 1. The van der Waals surface area contributed by atoms with E-state index in [1.165, 1.54) is 0 Å². The predicted octanol–water partition coefficient (Wildman–Crippen LogP) is 2.40. The van der Waals surface area contributed by atoms with E-state index in [2.05, 4.69) is 18.6 Å². The Labute approximate surface area is 97.9 Å². The van der Waals surface area contributed by atoms with Crippen molar-refractivity contribution < 1.29 is 8.42 Å². The topological polar surface area (TPSA) is 46.2 Å². The maximum atomic E-state index is 11.9. The highest BCUT2D eigenvalue weighted by Gasteiger charge is 2.17.